The number of carbonyl (C=O) groups excluding carboxylic acids is 1. The second-order valence-corrected chi connectivity index (χ2v) is 7.65. The van der Waals surface area contributed by atoms with Crippen molar-refractivity contribution in [1.29, 1.82) is 0 Å². The number of aliphatic hydroxyl groups excluding tert-OH is 1. The average molecular weight is 333 g/mol. The summed E-state index contributed by atoms with van der Waals surface area (Å²) in [7, 11) is -3.11. The molecule has 0 aromatic heterocycles. The lowest BCUT2D eigenvalue weighted by molar-refractivity contribution is 0.0655. The Bertz CT molecular complexity index is 648. The van der Waals surface area contributed by atoms with Gasteiger partial charge in [-0.2, -0.15) is 0 Å². The lowest BCUT2D eigenvalue weighted by atomic mass is 10.1. The van der Waals surface area contributed by atoms with Gasteiger partial charge in [-0.25, -0.2) is 8.42 Å². The number of anilines is 1. The summed E-state index contributed by atoms with van der Waals surface area (Å²) < 4.78 is 23.1. The minimum Gasteiger partial charge on any atom is -0.398 e. The number of rotatable bonds is 4. The molecule has 8 heteroatoms. The van der Waals surface area contributed by atoms with Crippen molar-refractivity contribution in [2.45, 2.75) is 12.5 Å². The Kier molecular flexibility index (Phi) is 4.75. The zero-order valence-corrected chi connectivity index (χ0v) is 12.9. The number of amides is 1. The fourth-order valence-corrected chi connectivity index (χ4v) is 4.32. The fourth-order valence-electron chi connectivity index (χ4n) is 2.40. The van der Waals surface area contributed by atoms with Crippen LogP contribution in [0.2, 0.25) is 5.02 Å². The van der Waals surface area contributed by atoms with Gasteiger partial charge in [0.25, 0.3) is 5.91 Å². The summed E-state index contributed by atoms with van der Waals surface area (Å²) in [4.78, 5) is 13.9. The van der Waals surface area contributed by atoms with E-state index in [-0.39, 0.29) is 35.6 Å². The summed E-state index contributed by atoms with van der Waals surface area (Å²) in [6.45, 7) is -0.147. The molecule has 21 heavy (non-hydrogen) atoms. The molecule has 1 atom stereocenters. The number of sulfone groups is 1. The molecule has 1 unspecified atom stereocenters. The molecule has 1 fully saturated rings. The van der Waals surface area contributed by atoms with Crippen LogP contribution >= 0.6 is 11.6 Å². The van der Waals surface area contributed by atoms with E-state index in [4.69, 9.17) is 22.4 Å². The molecule has 0 radical (unpaired) electrons. The quantitative estimate of drug-likeness (QED) is 0.784. The Morgan fingerprint density at radius 1 is 1.48 bits per heavy atom. The number of hydrogen-bond acceptors (Lipinski definition) is 5. The second-order valence-electron chi connectivity index (χ2n) is 5.02. The molecule has 6 nitrogen and oxygen atoms in total. The normalized spacial score (nSPS) is 20.4. The summed E-state index contributed by atoms with van der Waals surface area (Å²) in [5.41, 5.74) is 6.30. The van der Waals surface area contributed by atoms with Crippen molar-refractivity contribution in [3.8, 4) is 0 Å². The van der Waals surface area contributed by atoms with E-state index < -0.39 is 15.9 Å². The van der Waals surface area contributed by atoms with Crippen LogP contribution in [-0.2, 0) is 9.84 Å². The standard InChI is InChI=1S/C13H17ClN2O4S/c14-11-7-9(1-2-12(11)15)13(18)16(4-5-17)10-3-6-21(19,20)8-10/h1-2,7,10,17H,3-6,8,15H2. The number of nitrogen functional groups attached to an aromatic ring is 1. The molecule has 0 spiro atoms. The molecule has 3 N–H and O–H groups in total. The van der Waals surface area contributed by atoms with E-state index in [0.717, 1.165) is 0 Å². The molecule has 1 heterocycles. The maximum atomic E-state index is 12.5. The van der Waals surface area contributed by atoms with Crippen molar-refractivity contribution >= 4 is 33.0 Å². The molecule has 1 aromatic carbocycles. The highest BCUT2D eigenvalue weighted by atomic mass is 35.5. The van der Waals surface area contributed by atoms with Gasteiger partial charge in [0, 0.05) is 18.2 Å². The summed E-state index contributed by atoms with van der Waals surface area (Å²) in [6.07, 6.45) is 0.386. The van der Waals surface area contributed by atoms with Gasteiger partial charge in [-0.1, -0.05) is 11.6 Å². The summed E-state index contributed by atoms with van der Waals surface area (Å²) >= 11 is 5.90. The van der Waals surface area contributed by atoms with Crippen molar-refractivity contribution in [3.63, 3.8) is 0 Å². The zero-order valence-electron chi connectivity index (χ0n) is 11.3. The number of nitrogens with two attached hydrogens (primary N) is 1. The highest BCUT2D eigenvalue weighted by Gasteiger charge is 2.34. The van der Waals surface area contributed by atoms with Crippen LogP contribution in [0.15, 0.2) is 18.2 Å². The molecule has 1 saturated heterocycles. The van der Waals surface area contributed by atoms with E-state index in [0.29, 0.717) is 17.7 Å². The van der Waals surface area contributed by atoms with E-state index in [1.807, 2.05) is 0 Å². The van der Waals surface area contributed by atoms with Crippen LogP contribution in [0.25, 0.3) is 0 Å². The molecule has 0 aliphatic carbocycles. The molecular formula is C13H17ClN2O4S. The van der Waals surface area contributed by atoms with Gasteiger partial charge in [-0.15, -0.1) is 0 Å². The topological polar surface area (TPSA) is 101 Å². The number of nitrogens with zero attached hydrogens (tertiary/aromatic N) is 1. The Hall–Kier alpha value is -1.31. The monoisotopic (exact) mass is 332 g/mol. The van der Waals surface area contributed by atoms with Gasteiger partial charge < -0.3 is 15.7 Å². The molecule has 1 aliphatic rings. The van der Waals surface area contributed by atoms with Gasteiger partial charge in [0.2, 0.25) is 0 Å². The number of benzene rings is 1. The molecule has 116 valence electrons. The summed E-state index contributed by atoms with van der Waals surface area (Å²) in [6, 6.07) is 4.11. The van der Waals surface area contributed by atoms with Crippen LogP contribution in [0.3, 0.4) is 0 Å². The first-order chi connectivity index (χ1) is 9.84. The highest BCUT2D eigenvalue weighted by molar-refractivity contribution is 7.91. The molecular weight excluding hydrogens is 316 g/mol. The van der Waals surface area contributed by atoms with Gasteiger partial charge >= 0.3 is 0 Å². The maximum Gasteiger partial charge on any atom is 0.254 e. The Labute approximate surface area is 128 Å². The van der Waals surface area contributed by atoms with Crippen LogP contribution in [0.1, 0.15) is 16.8 Å². The van der Waals surface area contributed by atoms with Crippen molar-refractivity contribution in [2.24, 2.45) is 0 Å². The molecule has 1 amide bonds. The largest absolute Gasteiger partial charge is 0.398 e. The first-order valence-electron chi connectivity index (χ1n) is 6.51. The van der Waals surface area contributed by atoms with E-state index in [9.17, 15) is 13.2 Å². The maximum absolute atomic E-state index is 12.5. The van der Waals surface area contributed by atoms with Crippen molar-refractivity contribution in [2.75, 3.05) is 30.4 Å². The fraction of sp³-hybridized carbons (Fsp3) is 0.462. The molecule has 2 rings (SSSR count). The SMILES string of the molecule is Nc1ccc(C(=O)N(CCO)C2CCS(=O)(=O)C2)cc1Cl. The molecule has 0 bridgehead atoms. The predicted molar refractivity (Wildman–Crippen MR) is 81.0 cm³/mol. The molecule has 1 aliphatic heterocycles. The first-order valence-corrected chi connectivity index (χ1v) is 8.71. The number of hydrogen-bond donors (Lipinski definition) is 2. The van der Waals surface area contributed by atoms with Crippen LogP contribution in [-0.4, -0.2) is 55.0 Å². The third-order valence-corrected chi connectivity index (χ3v) is 5.58. The van der Waals surface area contributed by atoms with E-state index in [2.05, 4.69) is 0 Å². The van der Waals surface area contributed by atoms with Gasteiger partial charge in [0.05, 0.1) is 28.8 Å². The van der Waals surface area contributed by atoms with Crippen LogP contribution in [0, 0.1) is 0 Å². The van der Waals surface area contributed by atoms with Crippen LogP contribution in [0.5, 0.6) is 0 Å². The van der Waals surface area contributed by atoms with Gasteiger partial charge in [0.1, 0.15) is 0 Å². The minimum absolute atomic E-state index is 0.0649. The Morgan fingerprint density at radius 3 is 2.71 bits per heavy atom. The Morgan fingerprint density at radius 2 is 2.19 bits per heavy atom. The second kappa shape index (κ2) is 6.21. The van der Waals surface area contributed by atoms with Gasteiger partial charge in [0.15, 0.2) is 9.84 Å². The third kappa shape index (κ3) is 3.66. The van der Waals surface area contributed by atoms with Gasteiger partial charge in [-0.3, -0.25) is 4.79 Å². The first kappa shape index (κ1) is 16.1. The predicted octanol–water partition coefficient (Wildman–Crippen LogP) is 0.544. The van der Waals surface area contributed by atoms with Crippen LogP contribution in [0.4, 0.5) is 5.69 Å². The van der Waals surface area contributed by atoms with Crippen molar-refractivity contribution in [1.82, 2.24) is 4.90 Å². The highest BCUT2D eigenvalue weighted by Crippen LogP contribution is 2.23. The van der Waals surface area contributed by atoms with Gasteiger partial charge in [-0.05, 0) is 24.6 Å². The van der Waals surface area contributed by atoms with Crippen molar-refractivity contribution in [3.05, 3.63) is 28.8 Å². The lowest BCUT2D eigenvalue weighted by Crippen LogP contribution is -2.42. The average Bonchev–Trinajstić information content (AvgIpc) is 2.78. The summed E-state index contributed by atoms with van der Waals surface area (Å²) in [5, 5.41) is 9.40. The number of halogens is 1. The zero-order chi connectivity index (χ0) is 15.6. The summed E-state index contributed by atoms with van der Waals surface area (Å²) in [5.74, 6) is -0.357. The minimum atomic E-state index is -3.11. The Balaban J connectivity index is 2.25. The van der Waals surface area contributed by atoms with E-state index in [1.165, 1.54) is 23.1 Å². The van der Waals surface area contributed by atoms with Crippen molar-refractivity contribution < 1.29 is 18.3 Å². The van der Waals surface area contributed by atoms with Crippen LogP contribution < -0.4 is 5.73 Å². The smallest absolute Gasteiger partial charge is 0.254 e. The number of aliphatic hydroxyl groups is 1. The molecule has 0 saturated carbocycles. The number of carbonyl (C=O) groups is 1. The molecule has 1 aromatic rings. The third-order valence-electron chi connectivity index (χ3n) is 3.50. The van der Waals surface area contributed by atoms with E-state index >= 15 is 0 Å². The van der Waals surface area contributed by atoms with E-state index in [1.54, 1.807) is 0 Å². The lowest BCUT2D eigenvalue weighted by Gasteiger charge is -2.27.